The van der Waals surface area contributed by atoms with E-state index in [0.717, 1.165) is 36.3 Å². The summed E-state index contributed by atoms with van der Waals surface area (Å²) in [5.41, 5.74) is 5.25. The van der Waals surface area contributed by atoms with Gasteiger partial charge in [0.15, 0.2) is 6.61 Å². The lowest BCUT2D eigenvalue weighted by Gasteiger charge is -2.27. The predicted molar refractivity (Wildman–Crippen MR) is 137 cm³/mol. The summed E-state index contributed by atoms with van der Waals surface area (Å²) in [6, 6.07) is 21.5. The molecule has 0 spiro atoms. The van der Waals surface area contributed by atoms with Crippen LogP contribution >= 0.6 is 12.4 Å². The van der Waals surface area contributed by atoms with Crippen LogP contribution in [-0.4, -0.2) is 36.4 Å². The van der Waals surface area contributed by atoms with Gasteiger partial charge in [-0.25, -0.2) is 0 Å². The van der Waals surface area contributed by atoms with Crippen molar-refractivity contribution >= 4 is 35.6 Å². The Morgan fingerprint density at radius 3 is 2.56 bits per heavy atom. The zero-order valence-corrected chi connectivity index (χ0v) is 19.7. The number of likely N-dealkylation sites (tertiary alicyclic amines) is 1. The minimum absolute atomic E-state index is 0. The van der Waals surface area contributed by atoms with Crippen molar-refractivity contribution in [1.29, 1.82) is 0 Å². The highest BCUT2D eigenvalue weighted by Gasteiger charge is 2.18. The molecule has 1 fully saturated rings. The summed E-state index contributed by atoms with van der Waals surface area (Å²) in [5, 5.41) is 5.73. The average molecular weight is 478 g/mol. The summed E-state index contributed by atoms with van der Waals surface area (Å²) in [6.07, 6.45) is 3.73. The number of ether oxygens (including phenoxy) is 1. The lowest BCUT2D eigenvalue weighted by molar-refractivity contribution is -0.118. The summed E-state index contributed by atoms with van der Waals surface area (Å²) in [5.74, 6) is 0.214. The van der Waals surface area contributed by atoms with E-state index in [1.54, 1.807) is 18.2 Å². The molecule has 2 N–H and O–H groups in total. The van der Waals surface area contributed by atoms with E-state index in [4.69, 9.17) is 4.74 Å². The van der Waals surface area contributed by atoms with Gasteiger partial charge in [-0.15, -0.1) is 12.4 Å². The Hall–Kier alpha value is -3.35. The molecule has 0 radical (unpaired) electrons. The van der Waals surface area contributed by atoms with Crippen LogP contribution < -0.4 is 15.4 Å². The smallest absolute Gasteiger partial charge is 0.262 e. The highest BCUT2D eigenvalue weighted by molar-refractivity contribution is 6.05. The van der Waals surface area contributed by atoms with E-state index in [1.165, 1.54) is 19.3 Å². The molecular formula is C27H28ClN3O3. The standard InChI is InChI=1S/C27H27N3O3.ClH/c31-26-18-33-25-12-10-22(16-24(25)29-26)28-27(32)20-9-11-23(19-7-3-1-4-8-19)21(15-20)17-30-13-5-2-6-14-30;/h1,3-4,7-12,15-16H,2,5-6,13-14,17-18H2,(H,28,32)(H,29,31);1H. The van der Waals surface area contributed by atoms with Crippen molar-refractivity contribution in [3.05, 3.63) is 77.9 Å². The van der Waals surface area contributed by atoms with Gasteiger partial charge >= 0.3 is 0 Å². The fraction of sp³-hybridized carbons (Fsp3) is 0.259. The maximum Gasteiger partial charge on any atom is 0.262 e. The summed E-state index contributed by atoms with van der Waals surface area (Å²) >= 11 is 0. The van der Waals surface area contributed by atoms with E-state index in [9.17, 15) is 9.59 Å². The molecule has 0 aromatic heterocycles. The number of nitrogens with one attached hydrogen (secondary N) is 2. The van der Waals surface area contributed by atoms with Gasteiger partial charge in [-0.3, -0.25) is 14.5 Å². The van der Waals surface area contributed by atoms with Gasteiger partial charge in [-0.2, -0.15) is 0 Å². The molecule has 7 heteroatoms. The van der Waals surface area contributed by atoms with E-state index in [2.05, 4.69) is 27.7 Å². The van der Waals surface area contributed by atoms with Crippen LogP contribution in [0.1, 0.15) is 35.2 Å². The van der Waals surface area contributed by atoms with Crippen LogP contribution in [0.4, 0.5) is 11.4 Å². The van der Waals surface area contributed by atoms with Gasteiger partial charge < -0.3 is 15.4 Å². The zero-order chi connectivity index (χ0) is 22.6. The van der Waals surface area contributed by atoms with Gasteiger partial charge in [0.1, 0.15) is 5.75 Å². The van der Waals surface area contributed by atoms with Crippen LogP contribution in [0.15, 0.2) is 66.7 Å². The molecule has 0 unspecified atom stereocenters. The minimum Gasteiger partial charge on any atom is -0.482 e. The van der Waals surface area contributed by atoms with Crippen molar-refractivity contribution in [3.8, 4) is 16.9 Å². The molecule has 34 heavy (non-hydrogen) atoms. The molecule has 5 rings (SSSR count). The molecule has 176 valence electrons. The Bertz CT molecular complexity index is 1180. The number of rotatable bonds is 5. The molecule has 3 aromatic rings. The first-order valence-corrected chi connectivity index (χ1v) is 11.4. The number of carbonyl (C=O) groups is 2. The van der Waals surface area contributed by atoms with Crippen molar-refractivity contribution in [2.45, 2.75) is 25.8 Å². The number of amides is 2. The fourth-order valence-corrected chi connectivity index (χ4v) is 4.49. The molecule has 3 aromatic carbocycles. The molecular weight excluding hydrogens is 450 g/mol. The Labute approximate surface area is 205 Å². The summed E-state index contributed by atoms with van der Waals surface area (Å²) < 4.78 is 5.39. The maximum atomic E-state index is 13.1. The Morgan fingerprint density at radius 2 is 1.76 bits per heavy atom. The van der Waals surface area contributed by atoms with Crippen LogP contribution in [0.25, 0.3) is 11.1 Å². The molecule has 6 nitrogen and oxygen atoms in total. The Kier molecular flexibility index (Phi) is 7.50. The van der Waals surface area contributed by atoms with Crippen LogP contribution in [0.2, 0.25) is 0 Å². The third-order valence-electron chi connectivity index (χ3n) is 6.17. The van der Waals surface area contributed by atoms with E-state index in [0.29, 0.717) is 22.7 Å². The molecule has 1 saturated heterocycles. The molecule has 2 aliphatic heterocycles. The summed E-state index contributed by atoms with van der Waals surface area (Å²) in [7, 11) is 0. The third kappa shape index (κ3) is 5.41. The van der Waals surface area contributed by atoms with E-state index < -0.39 is 0 Å². The van der Waals surface area contributed by atoms with E-state index in [-0.39, 0.29) is 30.8 Å². The van der Waals surface area contributed by atoms with Crippen molar-refractivity contribution in [3.63, 3.8) is 0 Å². The van der Waals surface area contributed by atoms with Crippen LogP contribution in [-0.2, 0) is 11.3 Å². The lowest BCUT2D eigenvalue weighted by Crippen LogP contribution is -2.29. The van der Waals surface area contributed by atoms with Gasteiger partial charge in [0.2, 0.25) is 0 Å². The molecule has 0 atom stereocenters. The van der Waals surface area contributed by atoms with Crippen LogP contribution in [0.3, 0.4) is 0 Å². The number of hydrogen-bond acceptors (Lipinski definition) is 4. The van der Waals surface area contributed by atoms with Crippen molar-refractivity contribution < 1.29 is 14.3 Å². The SMILES string of the molecule is Cl.O=C1COc2ccc(NC(=O)c3ccc(-c4ccccc4)c(CN4CCCCC4)c3)cc2N1. The molecule has 0 aliphatic carbocycles. The summed E-state index contributed by atoms with van der Waals surface area (Å²) in [4.78, 5) is 27.2. The average Bonchev–Trinajstić information content (AvgIpc) is 2.85. The van der Waals surface area contributed by atoms with Crippen molar-refractivity contribution in [2.24, 2.45) is 0 Å². The number of hydrogen-bond donors (Lipinski definition) is 2. The topological polar surface area (TPSA) is 70.7 Å². The van der Waals surface area contributed by atoms with E-state index in [1.807, 2.05) is 36.4 Å². The van der Waals surface area contributed by atoms with Gasteiger partial charge in [-0.1, -0.05) is 42.8 Å². The fourth-order valence-electron chi connectivity index (χ4n) is 4.49. The molecule has 0 bridgehead atoms. The van der Waals surface area contributed by atoms with Crippen LogP contribution in [0.5, 0.6) is 5.75 Å². The highest BCUT2D eigenvalue weighted by atomic mass is 35.5. The van der Waals surface area contributed by atoms with Gasteiger partial charge in [0.25, 0.3) is 11.8 Å². The van der Waals surface area contributed by atoms with Gasteiger partial charge in [-0.05, 0) is 73.0 Å². The number of benzene rings is 3. The highest BCUT2D eigenvalue weighted by Crippen LogP contribution is 2.31. The molecule has 2 amide bonds. The predicted octanol–water partition coefficient (Wildman–Crippen LogP) is 5.34. The Balaban J connectivity index is 0.00000274. The molecule has 0 saturated carbocycles. The van der Waals surface area contributed by atoms with E-state index >= 15 is 0 Å². The second-order valence-electron chi connectivity index (χ2n) is 8.58. The third-order valence-corrected chi connectivity index (χ3v) is 6.17. The minimum atomic E-state index is -0.204. The van der Waals surface area contributed by atoms with Gasteiger partial charge in [0, 0.05) is 17.8 Å². The normalized spacial score (nSPS) is 15.4. The largest absolute Gasteiger partial charge is 0.482 e. The monoisotopic (exact) mass is 477 g/mol. The maximum absolute atomic E-state index is 13.1. The first-order chi connectivity index (χ1) is 16.2. The molecule has 2 aliphatic rings. The number of anilines is 2. The van der Waals surface area contributed by atoms with Crippen LogP contribution in [0, 0.1) is 0 Å². The first kappa shape index (κ1) is 23.8. The zero-order valence-electron chi connectivity index (χ0n) is 18.9. The number of nitrogens with zero attached hydrogens (tertiary/aromatic N) is 1. The van der Waals surface area contributed by atoms with Gasteiger partial charge in [0.05, 0.1) is 5.69 Å². The van der Waals surface area contributed by atoms with Crippen molar-refractivity contribution in [2.75, 3.05) is 30.3 Å². The number of carbonyl (C=O) groups excluding carboxylic acids is 2. The molecule has 2 heterocycles. The van der Waals surface area contributed by atoms with Crippen molar-refractivity contribution in [1.82, 2.24) is 4.90 Å². The quantitative estimate of drug-likeness (QED) is 0.520. The number of fused-ring (bicyclic) bond motifs is 1. The lowest BCUT2D eigenvalue weighted by atomic mass is 9.96. The number of piperidine rings is 1. The second kappa shape index (κ2) is 10.7. The Morgan fingerprint density at radius 1 is 0.971 bits per heavy atom. The number of halogens is 1. The second-order valence-corrected chi connectivity index (χ2v) is 8.58. The first-order valence-electron chi connectivity index (χ1n) is 11.4. The summed E-state index contributed by atoms with van der Waals surface area (Å²) in [6.45, 7) is 3.01.